The molecule has 4 rings (SSSR count). The highest BCUT2D eigenvalue weighted by atomic mass is 19.1. The molecule has 2 aliphatic heterocycles. The molecule has 31 heavy (non-hydrogen) atoms. The zero-order chi connectivity index (χ0) is 22.3. The molecule has 2 aliphatic rings. The second-order valence-electron chi connectivity index (χ2n) is 7.83. The lowest BCUT2D eigenvalue weighted by atomic mass is 10.1. The van der Waals surface area contributed by atoms with Crippen LogP contribution in [-0.4, -0.2) is 45.8 Å². The van der Waals surface area contributed by atoms with Gasteiger partial charge in [-0.15, -0.1) is 0 Å². The average Bonchev–Trinajstić information content (AvgIpc) is 2.72. The maximum atomic E-state index is 13.8. The summed E-state index contributed by atoms with van der Waals surface area (Å²) >= 11 is 0. The van der Waals surface area contributed by atoms with E-state index in [1.807, 2.05) is 11.9 Å². The van der Waals surface area contributed by atoms with Crippen LogP contribution in [0.25, 0.3) is 0 Å². The van der Waals surface area contributed by atoms with Crippen molar-refractivity contribution in [2.45, 2.75) is 38.8 Å². The second kappa shape index (κ2) is 8.01. The van der Waals surface area contributed by atoms with Crippen molar-refractivity contribution < 1.29 is 23.5 Å². The molecule has 1 saturated heterocycles. The molecule has 164 valence electrons. The van der Waals surface area contributed by atoms with E-state index in [2.05, 4.69) is 5.32 Å². The molecule has 2 aromatic rings. The van der Waals surface area contributed by atoms with Crippen LogP contribution in [0.3, 0.4) is 0 Å². The summed E-state index contributed by atoms with van der Waals surface area (Å²) in [5.41, 5.74) is -1.49. The highest BCUT2D eigenvalue weighted by Crippen LogP contribution is 2.25. The maximum absolute atomic E-state index is 13.8. The first-order valence-corrected chi connectivity index (χ1v) is 10.0. The third kappa shape index (κ3) is 3.73. The average molecular weight is 432 g/mol. The predicted octanol–water partition coefficient (Wildman–Crippen LogP) is 1.69. The van der Waals surface area contributed by atoms with Crippen LogP contribution in [0.5, 0.6) is 5.75 Å². The summed E-state index contributed by atoms with van der Waals surface area (Å²) in [6.45, 7) is 2.48. The van der Waals surface area contributed by atoms with Crippen molar-refractivity contribution in [3.05, 3.63) is 63.1 Å². The Bertz CT molecular complexity index is 1120. The number of hydrogen-bond acceptors (Lipinski definition) is 5. The molecular formula is C21H22F2N4O4. The van der Waals surface area contributed by atoms with Gasteiger partial charge in [0.05, 0.1) is 0 Å². The van der Waals surface area contributed by atoms with Crippen LogP contribution in [-0.2, 0) is 6.54 Å². The van der Waals surface area contributed by atoms with Gasteiger partial charge in [0.15, 0.2) is 11.4 Å². The van der Waals surface area contributed by atoms with E-state index >= 15 is 0 Å². The molecule has 1 fully saturated rings. The zero-order valence-corrected chi connectivity index (χ0v) is 16.9. The smallest absolute Gasteiger partial charge is 0.277 e. The Morgan fingerprint density at radius 2 is 2.03 bits per heavy atom. The molecule has 0 radical (unpaired) electrons. The van der Waals surface area contributed by atoms with Crippen molar-refractivity contribution in [3.8, 4) is 5.75 Å². The molecule has 10 heteroatoms. The lowest BCUT2D eigenvalue weighted by molar-refractivity contribution is 0.0656. The lowest BCUT2D eigenvalue weighted by Gasteiger charge is -2.44. The first-order chi connectivity index (χ1) is 14.8. The lowest BCUT2D eigenvalue weighted by Crippen LogP contribution is -2.58. The summed E-state index contributed by atoms with van der Waals surface area (Å²) < 4.78 is 28.3. The summed E-state index contributed by atoms with van der Waals surface area (Å²) in [6.07, 6.45) is 3.83. The summed E-state index contributed by atoms with van der Waals surface area (Å²) in [5, 5.41) is 14.8. The molecule has 8 nitrogen and oxygen atoms in total. The number of aromatic nitrogens is 1. The Morgan fingerprint density at radius 3 is 2.77 bits per heavy atom. The van der Waals surface area contributed by atoms with E-state index in [0.29, 0.717) is 12.6 Å². The van der Waals surface area contributed by atoms with Gasteiger partial charge in [-0.3, -0.25) is 24.1 Å². The molecule has 1 aromatic carbocycles. The standard InChI is InChI=1S/C21H22F2N4O4/c1-12-4-2-3-7-25-11-27(12)26-10-15(18(28)19(29)17(26)21(25)31)20(30)24-9-13-5-6-14(22)8-16(13)23/h5-6,8,10,12,29H,2-4,7,9,11H2,1H3,(H,24,30). The minimum atomic E-state index is -0.983. The Balaban J connectivity index is 1.68. The maximum Gasteiger partial charge on any atom is 0.277 e. The van der Waals surface area contributed by atoms with Crippen molar-refractivity contribution in [1.29, 1.82) is 0 Å². The number of carbonyl (C=O) groups excluding carboxylic acids is 2. The van der Waals surface area contributed by atoms with Crippen LogP contribution in [0.15, 0.2) is 29.2 Å². The summed E-state index contributed by atoms with van der Waals surface area (Å²) in [4.78, 5) is 39.7. The first-order valence-electron chi connectivity index (χ1n) is 10.0. The number of hydrogen-bond donors (Lipinski definition) is 2. The Hall–Kier alpha value is -3.43. The first kappa shape index (κ1) is 20.8. The second-order valence-corrected chi connectivity index (χ2v) is 7.83. The van der Waals surface area contributed by atoms with Crippen LogP contribution in [0, 0.1) is 11.6 Å². The highest BCUT2D eigenvalue weighted by molar-refractivity contribution is 5.99. The van der Waals surface area contributed by atoms with Gasteiger partial charge < -0.3 is 15.3 Å². The van der Waals surface area contributed by atoms with E-state index < -0.39 is 34.6 Å². The fourth-order valence-electron chi connectivity index (χ4n) is 3.96. The third-order valence-electron chi connectivity index (χ3n) is 5.75. The van der Waals surface area contributed by atoms with Gasteiger partial charge >= 0.3 is 0 Å². The van der Waals surface area contributed by atoms with E-state index in [1.165, 1.54) is 16.9 Å². The van der Waals surface area contributed by atoms with E-state index in [0.717, 1.165) is 25.3 Å². The van der Waals surface area contributed by atoms with Crippen LogP contribution < -0.4 is 15.8 Å². The quantitative estimate of drug-likeness (QED) is 0.770. The Labute approximate surface area is 176 Å². The molecule has 1 aromatic heterocycles. The Kier molecular flexibility index (Phi) is 5.38. The summed E-state index contributed by atoms with van der Waals surface area (Å²) in [6, 6.07) is 2.95. The van der Waals surface area contributed by atoms with Gasteiger partial charge in [0.25, 0.3) is 11.8 Å². The molecule has 0 saturated carbocycles. The van der Waals surface area contributed by atoms with Crippen molar-refractivity contribution in [3.63, 3.8) is 0 Å². The van der Waals surface area contributed by atoms with Crippen molar-refractivity contribution in [2.24, 2.45) is 0 Å². The molecule has 3 heterocycles. The number of benzene rings is 1. The number of halogens is 2. The summed E-state index contributed by atoms with van der Waals surface area (Å²) in [7, 11) is 0. The minimum absolute atomic E-state index is 0.000717. The van der Waals surface area contributed by atoms with Gasteiger partial charge in [-0.2, -0.15) is 0 Å². The molecule has 0 spiro atoms. The van der Waals surface area contributed by atoms with Crippen LogP contribution in [0.1, 0.15) is 52.6 Å². The summed E-state index contributed by atoms with van der Waals surface area (Å²) in [5.74, 6) is -3.68. The van der Waals surface area contributed by atoms with E-state index in [1.54, 1.807) is 4.90 Å². The fourth-order valence-corrected chi connectivity index (χ4v) is 3.96. The van der Waals surface area contributed by atoms with Gasteiger partial charge in [0.2, 0.25) is 5.43 Å². The van der Waals surface area contributed by atoms with Crippen LogP contribution >= 0.6 is 0 Å². The molecule has 2 bridgehead atoms. The normalized spacial score (nSPS) is 18.3. The van der Waals surface area contributed by atoms with Gasteiger partial charge in [-0.25, -0.2) is 8.78 Å². The number of rotatable bonds is 3. The molecule has 1 unspecified atom stereocenters. The molecule has 2 N–H and O–H groups in total. The zero-order valence-electron chi connectivity index (χ0n) is 16.9. The number of nitrogens with zero attached hydrogens (tertiary/aromatic N) is 3. The molecule has 2 amide bonds. The van der Waals surface area contributed by atoms with E-state index in [-0.39, 0.29) is 36.1 Å². The molecular weight excluding hydrogens is 410 g/mol. The number of fused-ring (bicyclic) bond motifs is 4. The number of aromatic hydroxyl groups is 1. The largest absolute Gasteiger partial charge is 0.502 e. The topological polar surface area (TPSA) is 94.9 Å². The SMILES string of the molecule is CC1CCCCN2CN1n1cc(C(=O)NCc3ccc(F)cc3F)c(=O)c(O)c1C2=O. The fraction of sp³-hybridized carbons (Fsp3) is 0.381. The number of nitrogens with one attached hydrogen (secondary N) is 1. The van der Waals surface area contributed by atoms with Crippen LogP contribution in [0.4, 0.5) is 8.78 Å². The monoisotopic (exact) mass is 432 g/mol. The Morgan fingerprint density at radius 1 is 1.26 bits per heavy atom. The van der Waals surface area contributed by atoms with Gasteiger partial charge in [0.1, 0.15) is 23.9 Å². The van der Waals surface area contributed by atoms with Gasteiger partial charge in [-0.05, 0) is 32.3 Å². The van der Waals surface area contributed by atoms with Crippen LogP contribution in [0.2, 0.25) is 0 Å². The number of pyridine rings is 1. The number of carbonyl (C=O) groups is 2. The van der Waals surface area contributed by atoms with Gasteiger partial charge in [0, 0.05) is 37.0 Å². The van der Waals surface area contributed by atoms with E-state index in [9.17, 15) is 28.3 Å². The van der Waals surface area contributed by atoms with Gasteiger partial charge in [-0.1, -0.05) is 6.07 Å². The number of amides is 2. The third-order valence-corrected chi connectivity index (χ3v) is 5.75. The highest BCUT2D eigenvalue weighted by Gasteiger charge is 2.36. The van der Waals surface area contributed by atoms with Crippen molar-refractivity contribution in [1.82, 2.24) is 14.9 Å². The van der Waals surface area contributed by atoms with Crippen molar-refractivity contribution in [2.75, 3.05) is 18.2 Å². The predicted molar refractivity (Wildman–Crippen MR) is 107 cm³/mol. The van der Waals surface area contributed by atoms with E-state index in [4.69, 9.17) is 0 Å². The molecule has 1 atom stereocenters. The minimum Gasteiger partial charge on any atom is -0.502 e. The van der Waals surface area contributed by atoms with Crippen molar-refractivity contribution >= 4 is 11.8 Å². The molecule has 0 aliphatic carbocycles.